The Morgan fingerprint density at radius 1 is 1.41 bits per heavy atom. The van der Waals surface area contributed by atoms with E-state index in [0.717, 1.165) is 16.0 Å². The number of hydrogen-bond acceptors (Lipinski definition) is 6. The van der Waals surface area contributed by atoms with Crippen LogP contribution in [0.2, 0.25) is 0 Å². The first kappa shape index (κ1) is 17.6. The molecule has 0 unspecified atom stereocenters. The molecule has 0 radical (unpaired) electrons. The number of hydrogen-bond donors (Lipinski definition) is 2. The molecule has 7 nitrogen and oxygen atoms in total. The van der Waals surface area contributed by atoms with Crippen LogP contribution in [-0.4, -0.2) is 42.3 Å². The molecule has 0 heterocycles. The number of nitrogens with zero attached hydrogens (tertiary/aromatic N) is 2. The monoisotopic (exact) mass is 306 g/mol. The van der Waals surface area contributed by atoms with Gasteiger partial charge < -0.3 is 16.3 Å². The summed E-state index contributed by atoms with van der Waals surface area (Å²) in [6.07, 6.45) is 1.14. The Morgan fingerprint density at radius 3 is 2.73 bits per heavy atom. The van der Waals surface area contributed by atoms with E-state index in [-0.39, 0.29) is 13.2 Å². The van der Waals surface area contributed by atoms with E-state index in [1.807, 2.05) is 24.3 Å². The number of carbonyl (C=O) groups excluding carboxylic acids is 2. The van der Waals surface area contributed by atoms with Crippen molar-refractivity contribution in [1.29, 1.82) is 0 Å². The van der Waals surface area contributed by atoms with Crippen molar-refractivity contribution in [3.8, 4) is 0 Å². The van der Waals surface area contributed by atoms with Crippen LogP contribution in [0.5, 0.6) is 0 Å². The molecule has 0 bridgehead atoms. The quantitative estimate of drug-likeness (QED) is 0.460. The summed E-state index contributed by atoms with van der Waals surface area (Å²) in [7, 11) is 0. The summed E-state index contributed by atoms with van der Waals surface area (Å²) < 4.78 is 4.85. The van der Waals surface area contributed by atoms with Gasteiger partial charge in [-0.15, -0.1) is 0 Å². The summed E-state index contributed by atoms with van der Waals surface area (Å²) in [6, 6.07) is 6.53. The lowest BCUT2D eigenvalue weighted by atomic mass is 10.0. The molecule has 1 aromatic carbocycles. The van der Waals surface area contributed by atoms with E-state index in [4.69, 9.17) is 16.3 Å². The van der Waals surface area contributed by atoms with Crippen molar-refractivity contribution in [2.45, 2.75) is 26.3 Å². The van der Waals surface area contributed by atoms with E-state index in [2.05, 4.69) is 5.10 Å². The van der Waals surface area contributed by atoms with Crippen LogP contribution in [0.1, 0.15) is 25.0 Å². The molecule has 120 valence electrons. The molecule has 0 fully saturated rings. The van der Waals surface area contributed by atoms with E-state index in [1.165, 1.54) is 6.21 Å². The summed E-state index contributed by atoms with van der Waals surface area (Å²) >= 11 is 0. The van der Waals surface area contributed by atoms with Crippen LogP contribution in [0.25, 0.3) is 0 Å². The second-order valence-corrected chi connectivity index (χ2v) is 4.62. The molecule has 0 saturated carbocycles. The fraction of sp³-hybridized carbons (Fsp3) is 0.400. The van der Waals surface area contributed by atoms with Gasteiger partial charge >= 0.3 is 6.09 Å². The number of nitrogens with two attached hydrogens (primary N) is 2. The molecule has 4 N–H and O–H groups in total. The first-order valence-electron chi connectivity index (χ1n) is 7.09. The minimum absolute atomic E-state index is 0.207. The van der Waals surface area contributed by atoms with Gasteiger partial charge in [0.15, 0.2) is 0 Å². The fourth-order valence-corrected chi connectivity index (χ4v) is 2.00. The van der Waals surface area contributed by atoms with Crippen LogP contribution in [0, 0.1) is 0 Å². The van der Waals surface area contributed by atoms with Crippen molar-refractivity contribution in [3.05, 3.63) is 35.4 Å². The molecule has 7 heteroatoms. The maximum atomic E-state index is 12.3. The van der Waals surface area contributed by atoms with Gasteiger partial charge in [0, 0.05) is 6.54 Å². The number of rotatable bonds is 6. The molecule has 0 aliphatic heterocycles. The van der Waals surface area contributed by atoms with Gasteiger partial charge in [-0.25, -0.2) is 9.69 Å². The van der Waals surface area contributed by atoms with E-state index in [9.17, 15) is 9.59 Å². The Morgan fingerprint density at radius 2 is 2.14 bits per heavy atom. The molecule has 1 atom stereocenters. The van der Waals surface area contributed by atoms with Crippen molar-refractivity contribution in [2.75, 3.05) is 13.2 Å². The molecule has 1 aromatic rings. The van der Waals surface area contributed by atoms with Gasteiger partial charge in [-0.05, 0) is 31.4 Å². The highest BCUT2D eigenvalue weighted by molar-refractivity contribution is 5.95. The Bertz CT molecular complexity index is 545. The zero-order chi connectivity index (χ0) is 16.5. The van der Waals surface area contributed by atoms with Crippen molar-refractivity contribution in [1.82, 2.24) is 4.90 Å². The van der Waals surface area contributed by atoms with Gasteiger partial charge in [-0.1, -0.05) is 24.3 Å². The summed E-state index contributed by atoms with van der Waals surface area (Å²) in [6.45, 7) is 3.80. The fourth-order valence-electron chi connectivity index (χ4n) is 2.00. The molecule has 0 spiro atoms. The number of amides is 2. The Labute approximate surface area is 129 Å². The predicted octanol–water partition coefficient (Wildman–Crippen LogP) is 0.854. The number of imide groups is 1. The number of hydrazone groups is 1. The van der Waals surface area contributed by atoms with E-state index >= 15 is 0 Å². The smallest absolute Gasteiger partial charge is 0.416 e. The van der Waals surface area contributed by atoms with Gasteiger partial charge in [0.25, 0.3) is 0 Å². The van der Waals surface area contributed by atoms with Gasteiger partial charge in [0.2, 0.25) is 5.91 Å². The minimum atomic E-state index is -0.825. The lowest BCUT2D eigenvalue weighted by Gasteiger charge is -2.21. The summed E-state index contributed by atoms with van der Waals surface area (Å²) in [5.74, 6) is 4.65. The topological polar surface area (TPSA) is 111 Å². The second kappa shape index (κ2) is 8.78. The third-order valence-corrected chi connectivity index (χ3v) is 3.02. The lowest BCUT2D eigenvalue weighted by molar-refractivity contribution is -0.130. The molecule has 0 aliphatic carbocycles. The average Bonchev–Trinajstić information content (AvgIpc) is 2.48. The standard InChI is InChI=1S/C15H22N4O3/c1-3-19(15(21)22-4-2)14(20)13(16)9-11-6-5-7-12(8-11)10-18-17/h5-8,10,13H,3-4,9,16-17H2,1-2H3/t13-/m0/s1. The number of benzene rings is 1. The average molecular weight is 306 g/mol. The molecule has 0 aromatic heterocycles. The molecule has 0 aliphatic rings. The van der Waals surface area contributed by atoms with E-state index < -0.39 is 18.0 Å². The maximum Gasteiger partial charge on any atom is 0.416 e. The van der Waals surface area contributed by atoms with Crippen molar-refractivity contribution >= 4 is 18.2 Å². The van der Waals surface area contributed by atoms with Crippen LogP contribution in [-0.2, 0) is 16.0 Å². The highest BCUT2D eigenvalue weighted by atomic mass is 16.6. The van der Waals surface area contributed by atoms with Crippen molar-refractivity contribution in [2.24, 2.45) is 16.7 Å². The minimum Gasteiger partial charge on any atom is -0.449 e. The highest BCUT2D eigenvalue weighted by Gasteiger charge is 2.26. The van der Waals surface area contributed by atoms with Gasteiger partial charge in [-0.2, -0.15) is 5.10 Å². The van der Waals surface area contributed by atoms with Crippen LogP contribution in [0.15, 0.2) is 29.4 Å². The van der Waals surface area contributed by atoms with Crippen LogP contribution in [0.4, 0.5) is 4.79 Å². The molecular formula is C15H22N4O3. The Balaban J connectivity index is 2.78. The maximum absolute atomic E-state index is 12.3. The third-order valence-electron chi connectivity index (χ3n) is 3.02. The largest absolute Gasteiger partial charge is 0.449 e. The van der Waals surface area contributed by atoms with E-state index in [0.29, 0.717) is 6.42 Å². The zero-order valence-electron chi connectivity index (χ0n) is 12.9. The molecule has 2 amide bonds. The Kier molecular flexibility index (Phi) is 7.04. The summed E-state index contributed by atoms with van der Waals surface area (Å²) in [4.78, 5) is 25.0. The number of likely N-dealkylation sites (N-methyl/N-ethyl adjacent to an activating group) is 1. The zero-order valence-corrected chi connectivity index (χ0v) is 12.9. The third kappa shape index (κ3) is 4.85. The first-order chi connectivity index (χ1) is 10.5. The van der Waals surface area contributed by atoms with Gasteiger partial charge in [0.05, 0.1) is 18.9 Å². The first-order valence-corrected chi connectivity index (χ1v) is 7.09. The van der Waals surface area contributed by atoms with E-state index in [1.54, 1.807) is 13.8 Å². The van der Waals surface area contributed by atoms with Gasteiger partial charge in [-0.3, -0.25) is 4.79 Å². The van der Waals surface area contributed by atoms with Crippen LogP contribution in [0.3, 0.4) is 0 Å². The van der Waals surface area contributed by atoms with Crippen LogP contribution < -0.4 is 11.6 Å². The second-order valence-electron chi connectivity index (χ2n) is 4.62. The molecular weight excluding hydrogens is 284 g/mol. The molecule has 0 saturated heterocycles. The SMILES string of the molecule is CCOC(=O)N(CC)C(=O)[C@@H](N)Cc1cccc(C=NN)c1. The predicted molar refractivity (Wildman–Crippen MR) is 84.3 cm³/mol. The van der Waals surface area contributed by atoms with Gasteiger partial charge in [0.1, 0.15) is 0 Å². The number of carbonyl (C=O) groups is 2. The summed E-state index contributed by atoms with van der Waals surface area (Å²) in [5, 5.41) is 3.45. The summed E-state index contributed by atoms with van der Waals surface area (Å²) in [5.41, 5.74) is 7.60. The Hall–Kier alpha value is -2.41. The van der Waals surface area contributed by atoms with Crippen molar-refractivity contribution in [3.63, 3.8) is 0 Å². The van der Waals surface area contributed by atoms with Crippen LogP contribution >= 0.6 is 0 Å². The molecule has 22 heavy (non-hydrogen) atoms. The highest BCUT2D eigenvalue weighted by Crippen LogP contribution is 2.08. The molecule has 1 rings (SSSR count). The normalized spacial score (nSPS) is 12.1. The van der Waals surface area contributed by atoms with Crippen molar-refractivity contribution < 1.29 is 14.3 Å². The lowest BCUT2D eigenvalue weighted by Crippen LogP contribution is -2.47. The number of ether oxygens (including phenoxy) is 1.